The molecule has 1 fully saturated rings. The number of fused-ring (bicyclic) bond motifs is 1. The molecular formula is C20H20FNO3. The molecule has 0 aliphatic carbocycles. The molecule has 130 valence electrons. The highest BCUT2D eigenvalue weighted by Gasteiger charge is 2.28. The van der Waals surface area contributed by atoms with Crippen molar-refractivity contribution in [3.05, 3.63) is 59.4 Å². The predicted molar refractivity (Wildman–Crippen MR) is 91.5 cm³/mol. The van der Waals surface area contributed by atoms with E-state index in [-0.39, 0.29) is 18.3 Å². The maximum absolute atomic E-state index is 13.5. The van der Waals surface area contributed by atoms with Crippen LogP contribution in [0.5, 0.6) is 11.5 Å². The van der Waals surface area contributed by atoms with Gasteiger partial charge in [-0.05, 0) is 35.7 Å². The van der Waals surface area contributed by atoms with Crippen molar-refractivity contribution in [2.45, 2.75) is 18.8 Å². The first kappa shape index (κ1) is 15.9. The number of carbonyl (C=O) groups is 1. The average molecular weight is 341 g/mol. The normalized spacial score (nSPS) is 18.8. The van der Waals surface area contributed by atoms with Gasteiger partial charge in [0.1, 0.15) is 5.75 Å². The summed E-state index contributed by atoms with van der Waals surface area (Å²) in [6.45, 7) is 2.00. The highest BCUT2D eigenvalue weighted by molar-refractivity contribution is 5.78. The molecule has 0 bridgehead atoms. The molecule has 2 aromatic rings. The van der Waals surface area contributed by atoms with Crippen LogP contribution >= 0.6 is 0 Å². The molecule has 1 amide bonds. The Hall–Kier alpha value is -2.56. The number of ether oxygens (including phenoxy) is 2. The molecule has 1 atom stereocenters. The van der Waals surface area contributed by atoms with Crippen LogP contribution in [0.3, 0.4) is 0 Å². The highest BCUT2D eigenvalue weighted by atomic mass is 19.1. The van der Waals surface area contributed by atoms with E-state index >= 15 is 0 Å². The molecule has 2 aromatic carbocycles. The van der Waals surface area contributed by atoms with Crippen molar-refractivity contribution in [3.63, 3.8) is 0 Å². The minimum absolute atomic E-state index is 0.102. The lowest BCUT2D eigenvalue weighted by molar-refractivity contribution is -0.132. The number of likely N-dealkylation sites (tertiary alicyclic amines) is 1. The van der Waals surface area contributed by atoms with Gasteiger partial charge in [0.25, 0.3) is 5.91 Å². The van der Waals surface area contributed by atoms with E-state index in [1.54, 1.807) is 17.0 Å². The number of carbonyl (C=O) groups excluding carboxylic acids is 1. The van der Waals surface area contributed by atoms with E-state index in [0.717, 1.165) is 25.2 Å². The van der Waals surface area contributed by atoms with Crippen LogP contribution in [-0.2, 0) is 11.2 Å². The summed E-state index contributed by atoms with van der Waals surface area (Å²) >= 11 is 0. The fourth-order valence-corrected chi connectivity index (χ4v) is 3.51. The van der Waals surface area contributed by atoms with Gasteiger partial charge >= 0.3 is 0 Å². The number of halogens is 1. The molecule has 4 rings (SSSR count). The number of hydrogen-bond donors (Lipinski definition) is 0. The van der Waals surface area contributed by atoms with Crippen molar-refractivity contribution < 1.29 is 18.7 Å². The Kier molecular flexibility index (Phi) is 4.30. The van der Waals surface area contributed by atoms with Gasteiger partial charge < -0.3 is 14.4 Å². The summed E-state index contributed by atoms with van der Waals surface area (Å²) in [5.41, 5.74) is 2.51. The van der Waals surface area contributed by atoms with E-state index < -0.39 is 5.82 Å². The molecule has 0 unspecified atom stereocenters. The third kappa shape index (κ3) is 3.31. The van der Waals surface area contributed by atoms with E-state index in [9.17, 15) is 9.18 Å². The summed E-state index contributed by atoms with van der Waals surface area (Å²) in [4.78, 5) is 14.2. The molecule has 0 spiro atoms. The standard InChI is InChI=1S/C20H20FNO3/c21-17-3-1-2-4-19(17)25-13-20(23)22-9-7-16(12-22)14-5-6-18-15(11-14)8-10-24-18/h1-6,11,16H,7-10,12-13H2/t16-/m0/s1. The van der Waals surface area contributed by atoms with Crippen LogP contribution < -0.4 is 9.47 Å². The summed E-state index contributed by atoms with van der Waals surface area (Å²) < 4.78 is 24.4. The Morgan fingerprint density at radius 2 is 2.16 bits per heavy atom. The van der Waals surface area contributed by atoms with E-state index in [0.29, 0.717) is 19.0 Å². The van der Waals surface area contributed by atoms with Gasteiger partial charge in [-0.1, -0.05) is 24.3 Å². The summed E-state index contributed by atoms with van der Waals surface area (Å²) in [5, 5.41) is 0. The molecule has 0 saturated carbocycles. The first-order valence-electron chi connectivity index (χ1n) is 8.61. The first-order valence-corrected chi connectivity index (χ1v) is 8.61. The molecule has 4 nitrogen and oxygen atoms in total. The van der Waals surface area contributed by atoms with Crippen molar-refractivity contribution >= 4 is 5.91 Å². The molecule has 0 radical (unpaired) electrons. The number of amides is 1. The number of rotatable bonds is 4. The van der Waals surface area contributed by atoms with Crippen LogP contribution in [0.1, 0.15) is 23.5 Å². The van der Waals surface area contributed by atoms with Crippen LogP contribution in [0.25, 0.3) is 0 Å². The van der Waals surface area contributed by atoms with Gasteiger partial charge in [0.15, 0.2) is 18.2 Å². The molecule has 2 heterocycles. The largest absolute Gasteiger partial charge is 0.493 e. The second-order valence-corrected chi connectivity index (χ2v) is 6.51. The predicted octanol–water partition coefficient (Wildman–Crippen LogP) is 3.16. The fourth-order valence-electron chi connectivity index (χ4n) is 3.51. The zero-order valence-corrected chi connectivity index (χ0v) is 13.9. The van der Waals surface area contributed by atoms with Crippen LogP contribution in [0.15, 0.2) is 42.5 Å². The first-order chi connectivity index (χ1) is 12.2. The topological polar surface area (TPSA) is 38.8 Å². The van der Waals surface area contributed by atoms with Crippen molar-refractivity contribution in [1.29, 1.82) is 0 Å². The lowest BCUT2D eigenvalue weighted by atomic mass is 9.96. The summed E-state index contributed by atoms with van der Waals surface area (Å²) in [5.74, 6) is 0.881. The van der Waals surface area contributed by atoms with Crippen LogP contribution in [0.4, 0.5) is 4.39 Å². The SMILES string of the molecule is O=C(COc1ccccc1F)N1CC[C@H](c2ccc3c(c2)CCO3)C1. The molecule has 2 aliphatic rings. The Morgan fingerprint density at radius 1 is 1.28 bits per heavy atom. The molecule has 5 heteroatoms. The van der Waals surface area contributed by atoms with E-state index in [1.165, 1.54) is 23.3 Å². The minimum Gasteiger partial charge on any atom is -0.493 e. The van der Waals surface area contributed by atoms with Gasteiger partial charge in [-0.3, -0.25) is 4.79 Å². The number of nitrogens with zero attached hydrogens (tertiary/aromatic N) is 1. The third-order valence-electron chi connectivity index (χ3n) is 4.91. The Balaban J connectivity index is 1.35. The monoisotopic (exact) mass is 341 g/mol. The van der Waals surface area contributed by atoms with Crippen LogP contribution in [0, 0.1) is 5.82 Å². The van der Waals surface area contributed by atoms with Gasteiger partial charge in [0.2, 0.25) is 0 Å². The highest BCUT2D eigenvalue weighted by Crippen LogP contribution is 2.33. The molecule has 2 aliphatic heterocycles. The third-order valence-corrected chi connectivity index (χ3v) is 4.91. The second-order valence-electron chi connectivity index (χ2n) is 6.51. The molecule has 25 heavy (non-hydrogen) atoms. The number of benzene rings is 2. The van der Waals surface area contributed by atoms with Crippen LogP contribution in [-0.4, -0.2) is 37.1 Å². The average Bonchev–Trinajstić information content (AvgIpc) is 3.29. The fraction of sp³-hybridized carbons (Fsp3) is 0.350. The Labute approximate surface area is 146 Å². The van der Waals surface area contributed by atoms with Gasteiger partial charge in [0, 0.05) is 25.4 Å². The van der Waals surface area contributed by atoms with E-state index in [4.69, 9.17) is 9.47 Å². The van der Waals surface area contributed by atoms with Gasteiger partial charge in [-0.2, -0.15) is 0 Å². The van der Waals surface area contributed by atoms with Crippen LogP contribution in [0.2, 0.25) is 0 Å². The summed E-state index contributed by atoms with van der Waals surface area (Å²) in [6, 6.07) is 12.5. The maximum atomic E-state index is 13.5. The zero-order valence-electron chi connectivity index (χ0n) is 13.9. The van der Waals surface area contributed by atoms with Gasteiger partial charge in [-0.25, -0.2) is 4.39 Å². The Morgan fingerprint density at radius 3 is 3.04 bits per heavy atom. The zero-order chi connectivity index (χ0) is 17.2. The van der Waals surface area contributed by atoms with Gasteiger partial charge in [-0.15, -0.1) is 0 Å². The minimum atomic E-state index is -0.449. The molecule has 0 aromatic heterocycles. The molecular weight excluding hydrogens is 321 g/mol. The smallest absolute Gasteiger partial charge is 0.260 e. The Bertz CT molecular complexity index is 792. The quantitative estimate of drug-likeness (QED) is 0.857. The second kappa shape index (κ2) is 6.75. The molecule has 1 saturated heterocycles. The summed E-state index contributed by atoms with van der Waals surface area (Å²) in [6.07, 6.45) is 1.89. The lowest BCUT2D eigenvalue weighted by Gasteiger charge is -2.17. The van der Waals surface area contributed by atoms with E-state index in [2.05, 4.69) is 12.1 Å². The lowest BCUT2D eigenvalue weighted by Crippen LogP contribution is -2.33. The van der Waals surface area contributed by atoms with E-state index in [1.807, 2.05) is 6.07 Å². The number of para-hydroxylation sites is 1. The summed E-state index contributed by atoms with van der Waals surface area (Å²) in [7, 11) is 0. The van der Waals surface area contributed by atoms with Crippen molar-refractivity contribution in [3.8, 4) is 11.5 Å². The van der Waals surface area contributed by atoms with Crippen molar-refractivity contribution in [2.24, 2.45) is 0 Å². The van der Waals surface area contributed by atoms with Crippen molar-refractivity contribution in [1.82, 2.24) is 4.90 Å². The maximum Gasteiger partial charge on any atom is 0.260 e. The number of hydrogen-bond acceptors (Lipinski definition) is 3. The van der Waals surface area contributed by atoms with Crippen molar-refractivity contribution in [2.75, 3.05) is 26.3 Å². The van der Waals surface area contributed by atoms with Gasteiger partial charge in [0.05, 0.1) is 6.61 Å². The molecule has 0 N–H and O–H groups in total.